The van der Waals surface area contributed by atoms with Crippen LogP contribution < -0.4 is 11.1 Å². The Balaban J connectivity index is 2.42. The molecule has 0 atom stereocenters. The first-order valence-corrected chi connectivity index (χ1v) is 7.07. The van der Waals surface area contributed by atoms with E-state index in [1.807, 2.05) is 0 Å². The van der Waals surface area contributed by atoms with Crippen LogP contribution in [0, 0.1) is 0 Å². The van der Waals surface area contributed by atoms with E-state index >= 15 is 0 Å². The van der Waals surface area contributed by atoms with Crippen molar-refractivity contribution in [1.29, 1.82) is 0 Å². The summed E-state index contributed by atoms with van der Waals surface area (Å²) in [7, 11) is 0. The van der Waals surface area contributed by atoms with Gasteiger partial charge in [-0.05, 0) is 31.5 Å². The molecule has 0 fully saturated rings. The third-order valence-electron chi connectivity index (χ3n) is 2.77. The molecule has 0 saturated heterocycles. The second-order valence-corrected chi connectivity index (χ2v) is 4.42. The van der Waals surface area contributed by atoms with Gasteiger partial charge in [0, 0.05) is 13.2 Å². The standard InChI is InChI=1S/C15H24N2O3/c1-3-5-9-19-10-8-17-14-7-6-12(11-13(14)16)15(18)20-4-2/h6-7,11,17H,3-5,8-10,16H2,1-2H3. The molecule has 0 aliphatic heterocycles. The van der Waals surface area contributed by atoms with Crippen molar-refractivity contribution in [2.75, 3.05) is 37.4 Å². The highest BCUT2D eigenvalue weighted by Gasteiger charge is 2.08. The Morgan fingerprint density at radius 3 is 2.75 bits per heavy atom. The Morgan fingerprint density at radius 1 is 1.30 bits per heavy atom. The number of hydrogen-bond acceptors (Lipinski definition) is 5. The van der Waals surface area contributed by atoms with E-state index < -0.39 is 0 Å². The SMILES string of the molecule is CCCCOCCNc1ccc(C(=O)OCC)cc1N. The monoisotopic (exact) mass is 280 g/mol. The van der Waals surface area contributed by atoms with Crippen molar-refractivity contribution in [1.82, 2.24) is 0 Å². The van der Waals surface area contributed by atoms with Gasteiger partial charge in [0.05, 0.1) is 30.2 Å². The van der Waals surface area contributed by atoms with Crippen molar-refractivity contribution in [2.45, 2.75) is 26.7 Å². The molecule has 0 aromatic heterocycles. The van der Waals surface area contributed by atoms with E-state index in [1.165, 1.54) is 0 Å². The fraction of sp³-hybridized carbons (Fsp3) is 0.533. The minimum absolute atomic E-state index is 0.353. The zero-order valence-corrected chi connectivity index (χ0v) is 12.3. The van der Waals surface area contributed by atoms with Gasteiger partial charge in [0.25, 0.3) is 0 Å². The van der Waals surface area contributed by atoms with Gasteiger partial charge in [0.15, 0.2) is 0 Å². The lowest BCUT2D eigenvalue weighted by Crippen LogP contribution is -2.12. The number of hydrogen-bond donors (Lipinski definition) is 2. The minimum Gasteiger partial charge on any atom is -0.462 e. The van der Waals surface area contributed by atoms with Crippen molar-refractivity contribution in [3.05, 3.63) is 23.8 Å². The van der Waals surface area contributed by atoms with Crippen LogP contribution in [0.15, 0.2) is 18.2 Å². The predicted octanol–water partition coefficient (Wildman–Crippen LogP) is 2.67. The second kappa shape index (κ2) is 9.20. The molecule has 0 spiro atoms. The zero-order chi connectivity index (χ0) is 14.8. The molecule has 1 aromatic carbocycles. The van der Waals surface area contributed by atoms with E-state index in [0.717, 1.165) is 25.1 Å². The average Bonchev–Trinajstić information content (AvgIpc) is 2.44. The topological polar surface area (TPSA) is 73.6 Å². The van der Waals surface area contributed by atoms with Gasteiger partial charge in [-0.3, -0.25) is 0 Å². The Hall–Kier alpha value is -1.75. The molecule has 0 aliphatic carbocycles. The van der Waals surface area contributed by atoms with E-state index in [-0.39, 0.29) is 5.97 Å². The molecule has 0 bridgehead atoms. The number of unbranched alkanes of at least 4 members (excludes halogenated alkanes) is 1. The highest BCUT2D eigenvalue weighted by molar-refractivity contribution is 5.91. The van der Waals surface area contributed by atoms with E-state index in [0.29, 0.717) is 31.0 Å². The first-order valence-electron chi connectivity index (χ1n) is 7.07. The summed E-state index contributed by atoms with van der Waals surface area (Å²) in [5.41, 5.74) is 7.71. The summed E-state index contributed by atoms with van der Waals surface area (Å²) in [5, 5.41) is 3.19. The van der Waals surface area contributed by atoms with Gasteiger partial charge in [-0.2, -0.15) is 0 Å². The van der Waals surface area contributed by atoms with Crippen LogP contribution >= 0.6 is 0 Å². The van der Waals surface area contributed by atoms with Crippen LogP contribution in [0.4, 0.5) is 11.4 Å². The van der Waals surface area contributed by atoms with Crippen molar-refractivity contribution < 1.29 is 14.3 Å². The first-order chi connectivity index (χ1) is 9.69. The van der Waals surface area contributed by atoms with Crippen LogP contribution in [0.3, 0.4) is 0 Å². The number of anilines is 2. The molecule has 0 saturated carbocycles. The smallest absolute Gasteiger partial charge is 0.338 e. The maximum Gasteiger partial charge on any atom is 0.338 e. The molecule has 0 amide bonds. The maximum absolute atomic E-state index is 11.6. The van der Waals surface area contributed by atoms with Crippen LogP contribution in [0.1, 0.15) is 37.0 Å². The van der Waals surface area contributed by atoms with E-state index in [4.69, 9.17) is 15.2 Å². The molecule has 0 radical (unpaired) electrons. The number of nitrogens with one attached hydrogen (secondary N) is 1. The number of carbonyl (C=O) groups is 1. The van der Waals surface area contributed by atoms with Crippen LogP contribution in [0.5, 0.6) is 0 Å². The van der Waals surface area contributed by atoms with Crippen LogP contribution in [-0.2, 0) is 9.47 Å². The summed E-state index contributed by atoms with van der Waals surface area (Å²) in [4.78, 5) is 11.6. The lowest BCUT2D eigenvalue weighted by molar-refractivity contribution is 0.0526. The van der Waals surface area contributed by atoms with Crippen molar-refractivity contribution in [2.24, 2.45) is 0 Å². The van der Waals surface area contributed by atoms with Gasteiger partial charge in [-0.15, -0.1) is 0 Å². The summed E-state index contributed by atoms with van der Waals surface area (Å²) in [6.45, 7) is 6.37. The summed E-state index contributed by atoms with van der Waals surface area (Å²) in [5.74, 6) is -0.353. The highest BCUT2D eigenvalue weighted by atomic mass is 16.5. The lowest BCUT2D eigenvalue weighted by atomic mass is 10.1. The number of nitrogens with two attached hydrogens (primary N) is 1. The molecule has 112 valence electrons. The van der Waals surface area contributed by atoms with Gasteiger partial charge in [-0.1, -0.05) is 13.3 Å². The van der Waals surface area contributed by atoms with Crippen molar-refractivity contribution in [3.8, 4) is 0 Å². The molecule has 5 heteroatoms. The van der Waals surface area contributed by atoms with E-state index in [9.17, 15) is 4.79 Å². The number of carbonyl (C=O) groups excluding carboxylic acids is 1. The van der Waals surface area contributed by atoms with Crippen LogP contribution in [0.25, 0.3) is 0 Å². The van der Waals surface area contributed by atoms with Gasteiger partial charge in [0.1, 0.15) is 0 Å². The van der Waals surface area contributed by atoms with E-state index in [1.54, 1.807) is 25.1 Å². The van der Waals surface area contributed by atoms with Gasteiger partial charge in [0.2, 0.25) is 0 Å². The highest BCUT2D eigenvalue weighted by Crippen LogP contribution is 2.20. The molecule has 1 rings (SSSR count). The first kappa shape index (κ1) is 16.3. The quantitative estimate of drug-likeness (QED) is 0.413. The molecule has 5 nitrogen and oxygen atoms in total. The summed E-state index contributed by atoms with van der Waals surface area (Å²) in [6, 6.07) is 5.11. The maximum atomic E-state index is 11.6. The van der Waals surface area contributed by atoms with E-state index in [2.05, 4.69) is 12.2 Å². The minimum atomic E-state index is -0.353. The molecular formula is C15H24N2O3. The van der Waals surface area contributed by atoms with Crippen molar-refractivity contribution >= 4 is 17.3 Å². The fourth-order valence-electron chi connectivity index (χ4n) is 1.67. The normalized spacial score (nSPS) is 10.3. The average molecular weight is 280 g/mol. The number of benzene rings is 1. The van der Waals surface area contributed by atoms with Gasteiger partial charge < -0.3 is 20.5 Å². The zero-order valence-electron chi connectivity index (χ0n) is 12.3. The Morgan fingerprint density at radius 2 is 2.10 bits per heavy atom. The number of esters is 1. The Bertz CT molecular complexity index is 422. The largest absolute Gasteiger partial charge is 0.462 e. The van der Waals surface area contributed by atoms with Crippen molar-refractivity contribution in [3.63, 3.8) is 0 Å². The molecule has 0 unspecified atom stereocenters. The summed E-state index contributed by atoms with van der Waals surface area (Å²) < 4.78 is 10.4. The predicted molar refractivity (Wildman–Crippen MR) is 81.0 cm³/mol. The molecule has 0 aliphatic rings. The van der Waals surface area contributed by atoms with Gasteiger partial charge >= 0.3 is 5.97 Å². The Kier molecular flexibility index (Phi) is 7.50. The van der Waals surface area contributed by atoms with Gasteiger partial charge in [-0.25, -0.2) is 4.79 Å². The number of rotatable bonds is 9. The molecular weight excluding hydrogens is 256 g/mol. The van der Waals surface area contributed by atoms with Crippen LogP contribution in [-0.4, -0.2) is 32.3 Å². The lowest BCUT2D eigenvalue weighted by Gasteiger charge is -2.11. The third kappa shape index (κ3) is 5.48. The number of nitrogen functional groups attached to an aromatic ring is 1. The number of ether oxygens (including phenoxy) is 2. The summed E-state index contributed by atoms with van der Waals surface area (Å²) >= 11 is 0. The second-order valence-electron chi connectivity index (χ2n) is 4.42. The molecule has 0 heterocycles. The fourth-order valence-corrected chi connectivity index (χ4v) is 1.67. The van der Waals surface area contributed by atoms with Crippen LogP contribution in [0.2, 0.25) is 0 Å². The molecule has 3 N–H and O–H groups in total. The molecule has 1 aromatic rings. The Labute approximate surface area is 120 Å². The molecule has 20 heavy (non-hydrogen) atoms. The third-order valence-corrected chi connectivity index (χ3v) is 2.77. The summed E-state index contributed by atoms with van der Waals surface area (Å²) in [6.07, 6.45) is 2.21.